The molecule has 9 nitrogen and oxygen atoms in total. The van der Waals surface area contributed by atoms with Crippen molar-refractivity contribution in [2.24, 2.45) is 0 Å². The lowest BCUT2D eigenvalue weighted by Gasteiger charge is -2.26. The second kappa shape index (κ2) is 11.6. The third kappa shape index (κ3) is 5.69. The molecule has 182 valence electrons. The maximum atomic E-state index is 12.7. The fraction of sp³-hybridized carbons (Fsp3) is 0.375. The summed E-state index contributed by atoms with van der Waals surface area (Å²) in [6, 6.07) is 5.29. The minimum Gasteiger partial charge on any atom is -0.493 e. The molecule has 1 aromatic carbocycles. The van der Waals surface area contributed by atoms with E-state index in [0.29, 0.717) is 41.6 Å². The SMILES string of the molecule is CCOC(=O)c1c(NC(=O)/C=C/c2ccc(OC)c(OC)c2)sc2c1CCN(C(=O)OCC)C2. The van der Waals surface area contributed by atoms with Gasteiger partial charge in [-0.25, -0.2) is 9.59 Å². The number of carbonyl (C=O) groups is 3. The van der Waals surface area contributed by atoms with Gasteiger partial charge in [-0.2, -0.15) is 0 Å². The van der Waals surface area contributed by atoms with Gasteiger partial charge in [0.05, 0.1) is 39.5 Å². The van der Waals surface area contributed by atoms with Crippen molar-refractivity contribution in [1.29, 1.82) is 0 Å². The van der Waals surface area contributed by atoms with Gasteiger partial charge in [0.1, 0.15) is 5.00 Å². The number of thiophene rings is 1. The van der Waals surface area contributed by atoms with Crippen molar-refractivity contribution < 1.29 is 33.3 Å². The van der Waals surface area contributed by atoms with E-state index in [9.17, 15) is 14.4 Å². The highest BCUT2D eigenvalue weighted by Crippen LogP contribution is 2.38. The van der Waals surface area contributed by atoms with Crippen LogP contribution in [-0.4, -0.2) is 56.8 Å². The molecule has 2 amide bonds. The Bertz CT molecular complexity index is 1090. The number of ether oxygens (including phenoxy) is 4. The average molecular weight is 489 g/mol. The van der Waals surface area contributed by atoms with Crippen molar-refractivity contribution in [1.82, 2.24) is 4.90 Å². The van der Waals surface area contributed by atoms with Gasteiger partial charge in [0, 0.05) is 17.5 Å². The normalized spacial score (nSPS) is 12.8. The number of carbonyl (C=O) groups excluding carboxylic acids is 3. The average Bonchev–Trinajstić information content (AvgIpc) is 3.19. The Hall–Kier alpha value is -3.53. The highest BCUT2D eigenvalue weighted by Gasteiger charge is 2.31. The molecule has 0 bridgehead atoms. The molecule has 0 saturated heterocycles. The molecule has 0 unspecified atom stereocenters. The molecule has 2 aromatic rings. The van der Waals surface area contributed by atoms with Gasteiger partial charge in [-0.1, -0.05) is 6.07 Å². The molecule has 0 saturated carbocycles. The third-order valence-electron chi connectivity index (χ3n) is 5.13. The molecule has 34 heavy (non-hydrogen) atoms. The van der Waals surface area contributed by atoms with Crippen molar-refractivity contribution in [2.75, 3.05) is 39.3 Å². The number of nitrogens with one attached hydrogen (secondary N) is 1. The topological polar surface area (TPSA) is 103 Å². The first-order valence-corrected chi connectivity index (χ1v) is 11.7. The Morgan fingerprint density at radius 1 is 1.09 bits per heavy atom. The summed E-state index contributed by atoms with van der Waals surface area (Å²) >= 11 is 1.26. The number of anilines is 1. The summed E-state index contributed by atoms with van der Waals surface area (Å²) < 4.78 is 20.8. The monoisotopic (exact) mass is 488 g/mol. The van der Waals surface area contributed by atoms with Gasteiger partial charge in [0.25, 0.3) is 0 Å². The Morgan fingerprint density at radius 3 is 2.50 bits per heavy atom. The van der Waals surface area contributed by atoms with Crippen molar-refractivity contribution in [2.45, 2.75) is 26.8 Å². The fourth-order valence-electron chi connectivity index (χ4n) is 3.56. The third-order valence-corrected chi connectivity index (χ3v) is 6.27. The maximum absolute atomic E-state index is 12.7. The predicted octanol–water partition coefficient (Wildman–Crippen LogP) is 4.11. The van der Waals surface area contributed by atoms with Gasteiger partial charge in [-0.15, -0.1) is 11.3 Å². The summed E-state index contributed by atoms with van der Waals surface area (Å²) in [5.41, 5.74) is 1.88. The van der Waals surface area contributed by atoms with Crippen molar-refractivity contribution in [3.05, 3.63) is 45.8 Å². The van der Waals surface area contributed by atoms with Crippen LogP contribution < -0.4 is 14.8 Å². The van der Waals surface area contributed by atoms with Crippen LogP contribution in [0.3, 0.4) is 0 Å². The summed E-state index contributed by atoms with van der Waals surface area (Å²) in [4.78, 5) is 39.9. The minimum atomic E-state index is -0.497. The quantitative estimate of drug-likeness (QED) is 0.441. The van der Waals surface area contributed by atoms with E-state index in [2.05, 4.69) is 5.32 Å². The van der Waals surface area contributed by atoms with E-state index in [1.54, 1.807) is 50.1 Å². The number of fused-ring (bicyclic) bond motifs is 1. The molecule has 1 aliphatic heterocycles. The van der Waals surface area contributed by atoms with E-state index in [-0.39, 0.29) is 13.2 Å². The molecule has 3 rings (SSSR count). The summed E-state index contributed by atoms with van der Waals surface area (Å²) in [6.45, 7) is 4.70. The summed E-state index contributed by atoms with van der Waals surface area (Å²) in [5, 5.41) is 3.20. The number of esters is 1. The molecule has 1 aliphatic rings. The first kappa shape index (κ1) is 25.1. The Kier molecular flexibility index (Phi) is 8.53. The zero-order chi connectivity index (χ0) is 24.7. The van der Waals surface area contributed by atoms with E-state index in [4.69, 9.17) is 18.9 Å². The molecular formula is C24H28N2O7S. The van der Waals surface area contributed by atoms with Crippen LogP contribution in [0, 0.1) is 0 Å². The van der Waals surface area contributed by atoms with E-state index in [0.717, 1.165) is 16.0 Å². The van der Waals surface area contributed by atoms with E-state index >= 15 is 0 Å². The number of benzene rings is 1. The number of methoxy groups -OCH3 is 2. The first-order valence-electron chi connectivity index (χ1n) is 10.9. The molecule has 0 atom stereocenters. The Labute approximate surface area is 202 Å². The smallest absolute Gasteiger partial charge is 0.410 e. The molecule has 10 heteroatoms. The Balaban J connectivity index is 1.82. The fourth-order valence-corrected chi connectivity index (χ4v) is 4.82. The molecule has 1 aromatic heterocycles. The van der Waals surface area contributed by atoms with Crippen LogP contribution in [-0.2, 0) is 27.2 Å². The van der Waals surface area contributed by atoms with Gasteiger partial charge >= 0.3 is 12.1 Å². The predicted molar refractivity (Wildman–Crippen MR) is 129 cm³/mol. The maximum Gasteiger partial charge on any atom is 0.410 e. The van der Waals surface area contributed by atoms with Crippen molar-refractivity contribution in [3.63, 3.8) is 0 Å². The largest absolute Gasteiger partial charge is 0.493 e. The molecule has 0 fully saturated rings. The molecule has 0 spiro atoms. The van der Waals surface area contributed by atoms with Crippen LogP contribution >= 0.6 is 11.3 Å². The van der Waals surface area contributed by atoms with Crippen LogP contribution in [0.15, 0.2) is 24.3 Å². The second-order valence-corrected chi connectivity index (χ2v) is 8.34. The number of hydrogen-bond donors (Lipinski definition) is 1. The zero-order valence-corrected chi connectivity index (χ0v) is 20.5. The van der Waals surface area contributed by atoms with Crippen LogP contribution in [0.1, 0.15) is 40.2 Å². The molecule has 0 aliphatic carbocycles. The summed E-state index contributed by atoms with van der Waals surface area (Å²) in [6.07, 6.45) is 3.08. The summed E-state index contributed by atoms with van der Waals surface area (Å²) in [7, 11) is 3.09. The number of nitrogens with zero attached hydrogens (tertiary/aromatic N) is 1. The zero-order valence-electron chi connectivity index (χ0n) is 19.6. The van der Waals surface area contributed by atoms with Gasteiger partial charge in [-0.05, 0) is 49.6 Å². The standard InChI is InChI=1S/C24H28N2O7S/c1-5-32-23(28)21-16-11-12-26(24(29)33-6-2)14-19(16)34-22(21)25-20(27)10-8-15-7-9-17(30-3)18(13-15)31-4/h7-10,13H,5-6,11-12,14H2,1-4H3,(H,25,27)/b10-8+. The highest BCUT2D eigenvalue weighted by molar-refractivity contribution is 7.17. The van der Waals surface area contributed by atoms with Gasteiger partial charge in [-0.3, -0.25) is 4.79 Å². The van der Waals surface area contributed by atoms with Crippen LogP contribution in [0.25, 0.3) is 6.08 Å². The molecule has 1 N–H and O–H groups in total. The van der Waals surface area contributed by atoms with Crippen LogP contribution in [0.2, 0.25) is 0 Å². The second-order valence-electron chi connectivity index (χ2n) is 7.24. The lowest BCUT2D eigenvalue weighted by Crippen LogP contribution is -2.36. The Morgan fingerprint density at radius 2 is 1.82 bits per heavy atom. The van der Waals surface area contributed by atoms with Gasteiger partial charge in [0.2, 0.25) is 5.91 Å². The number of amides is 2. The van der Waals surface area contributed by atoms with Crippen LogP contribution in [0.5, 0.6) is 11.5 Å². The lowest BCUT2D eigenvalue weighted by molar-refractivity contribution is -0.111. The lowest BCUT2D eigenvalue weighted by atomic mass is 10.0. The van der Waals surface area contributed by atoms with Crippen molar-refractivity contribution in [3.8, 4) is 11.5 Å². The highest BCUT2D eigenvalue weighted by atomic mass is 32.1. The molecule has 2 heterocycles. The molecule has 0 radical (unpaired) electrons. The molecular weight excluding hydrogens is 460 g/mol. The number of hydrogen-bond acceptors (Lipinski definition) is 8. The van der Waals surface area contributed by atoms with Gasteiger partial charge < -0.3 is 29.2 Å². The van der Waals surface area contributed by atoms with E-state index in [1.807, 2.05) is 0 Å². The van der Waals surface area contributed by atoms with E-state index in [1.165, 1.54) is 24.5 Å². The minimum absolute atomic E-state index is 0.213. The number of rotatable bonds is 8. The van der Waals surface area contributed by atoms with E-state index < -0.39 is 18.0 Å². The van der Waals surface area contributed by atoms with Crippen molar-refractivity contribution >= 4 is 40.4 Å². The first-order chi connectivity index (χ1) is 16.4. The van der Waals surface area contributed by atoms with Crippen LogP contribution in [0.4, 0.5) is 9.80 Å². The van der Waals surface area contributed by atoms with Gasteiger partial charge in [0.15, 0.2) is 11.5 Å². The summed E-state index contributed by atoms with van der Waals surface area (Å²) in [5.74, 6) is 0.237.